The van der Waals surface area contributed by atoms with Gasteiger partial charge in [-0.25, -0.2) is 17.9 Å². The van der Waals surface area contributed by atoms with E-state index in [0.29, 0.717) is 22.3 Å². The summed E-state index contributed by atoms with van der Waals surface area (Å²) in [6.45, 7) is 0. The van der Waals surface area contributed by atoms with Crippen LogP contribution in [0.2, 0.25) is 0 Å². The first-order chi connectivity index (χ1) is 13.6. The van der Waals surface area contributed by atoms with E-state index in [2.05, 4.69) is 10.1 Å². The van der Waals surface area contributed by atoms with Crippen LogP contribution in [0, 0.1) is 17.5 Å². The molecule has 0 radical (unpaired) electrons. The molecule has 0 atom stereocenters. The molecule has 28 heavy (non-hydrogen) atoms. The van der Waals surface area contributed by atoms with Crippen LogP contribution in [0.5, 0.6) is 0 Å². The predicted molar refractivity (Wildman–Crippen MR) is 102 cm³/mol. The van der Waals surface area contributed by atoms with Crippen molar-refractivity contribution in [3.05, 3.63) is 90.4 Å². The number of rotatable bonds is 2. The molecule has 0 unspecified atom stereocenters. The van der Waals surface area contributed by atoms with Crippen LogP contribution in [0.3, 0.4) is 0 Å². The Kier molecular flexibility index (Phi) is 3.65. The van der Waals surface area contributed by atoms with Gasteiger partial charge >= 0.3 is 0 Å². The molecule has 2 heterocycles. The molecule has 5 rings (SSSR count). The SMILES string of the molecule is Fc1cccc(-n2nc(-c3ccccc3)c3cnc4c(F)cc(F)cc4c32)c1. The Morgan fingerprint density at radius 2 is 1.57 bits per heavy atom. The second-order valence-electron chi connectivity index (χ2n) is 6.41. The molecule has 6 heteroatoms. The number of hydrogen-bond acceptors (Lipinski definition) is 2. The van der Waals surface area contributed by atoms with Gasteiger partial charge in [0.15, 0.2) is 5.82 Å². The monoisotopic (exact) mass is 375 g/mol. The van der Waals surface area contributed by atoms with Crippen LogP contribution in [0.15, 0.2) is 72.9 Å². The lowest BCUT2D eigenvalue weighted by Crippen LogP contribution is -1.98. The molecule has 0 aliphatic rings. The fourth-order valence-corrected chi connectivity index (χ4v) is 3.42. The number of pyridine rings is 1. The topological polar surface area (TPSA) is 30.7 Å². The van der Waals surface area contributed by atoms with E-state index < -0.39 is 17.5 Å². The van der Waals surface area contributed by atoms with Crippen molar-refractivity contribution < 1.29 is 13.2 Å². The highest BCUT2D eigenvalue weighted by Gasteiger charge is 2.19. The van der Waals surface area contributed by atoms with Crippen LogP contribution in [-0.2, 0) is 0 Å². The van der Waals surface area contributed by atoms with Crippen molar-refractivity contribution in [1.29, 1.82) is 0 Å². The summed E-state index contributed by atoms with van der Waals surface area (Å²) < 4.78 is 43.7. The molecule has 0 bridgehead atoms. The Morgan fingerprint density at radius 3 is 2.36 bits per heavy atom. The minimum absolute atomic E-state index is 0.0334. The smallest absolute Gasteiger partial charge is 0.152 e. The molecule has 0 saturated heterocycles. The van der Waals surface area contributed by atoms with Crippen molar-refractivity contribution in [1.82, 2.24) is 14.8 Å². The molecule has 0 fully saturated rings. The fourth-order valence-electron chi connectivity index (χ4n) is 3.42. The van der Waals surface area contributed by atoms with E-state index in [1.807, 2.05) is 30.3 Å². The molecule has 2 aromatic heterocycles. The average Bonchev–Trinajstić information content (AvgIpc) is 3.09. The van der Waals surface area contributed by atoms with Gasteiger partial charge < -0.3 is 0 Å². The van der Waals surface area contributed by atoms with E-state index >= 15 is 0 Å². The molecule has 0 spiro atoms. The summed E-state index contributed by atoms with van der Waals surface area (Å²) in [4.78, 5) is 4.19. The predicted octanol–water partition coefficient (Wildman–Crippen LogP) is 5.66. The zero-order chi connectivity index (χ0) is 19.3. The van der Waals surface area contributed by atoms with E-state index in [1.165, 1.54) is 29.1 Å². The maximum atomic E-state index is 14.3. The first-order valence-corrected chi connectivity index (χ1v) is 8.59. The highest BCUT2D eigenvalue weighted by molar-refractivity contribution is 6.08. The first kappa shape index (κ1) is 16.5. The van der Waals surface area contributed by atoms with E-state index in [0.717, 1.165) is 11.6 Å². The third kappa shape index (κ3) is 2.53. The summed E-state index contributed by atoms with van der Waals surface area (Å²) in [7, 11) is 0. The summed E-state index contributed by atoms with van der Waals surface area (Å²) in [5.41, 5.74) is 2.36. The van der Waals surface area contributed by atoms with Gasteiger partial charge in [-0.2, -0.15) is 5.10 Å². The third-order valence-electron chi connectivity index (χ3n) is 4.63. The minimum atomic E-state index is -0.759. The third-order valence-corrected chi connectivity index (χ3v) is 4.63. The highest BCUT2D eigenvalue weighted by atomic mass is 19.1. The van der Waals surface area contributed by atoms with Gasteiger partial charge in [-0.1, -0.05) is 36.4 Å². The van der Waals surface area contributed by atoms with Crippen LogP contribution in [0.1, 0.15) is 0 Å². The lowest BCUT2D eigenvalue weighted by molar-refractivity contribution is 0.590. The van der Waals surface area contributed by atoms with E-state index in [1.54, 1.807) is 12.1 Å². The number of aromatic nitrogens is 3. The quantitative estimate of drug-likeness (QED) is 0.399. The van der Waals surface area contributed by atoms with Crippen LogP contribution in [0.4, 0.5) is 13.2 Å². The van der Waals surface area contributed by atoms with Crippen molar-refractivity contribution >= 4 is 21.8 Å². The minimum Gasteiger partial charge on any atom is -0.252 e. The number of benzene rings is 3. The van der Waals surface area contributed by atoms with Crippen LogP contribution >= 0.6 is 0 Å². The van der Waals surface area contributed by atoms with Crippen LogP contribution in [-0.4, -0.2) is 14.8 Å². The van der Waals surface area contributed by atoms with Gasteiger partial charge in [-0.3, -0.25) is 4.98 Å². The van der Waals surface area contributed by atoms with Gasteiger partial charge in [0.05, 0.1) is 11.2 Å². The largest absolute Gasteiger partial charge is 0.252 e. The van der Waals surface area contributed by atoms with Gasteiger partial charge in [0.1, 0.15) is 22.8 Å². The maximum Gasteiger partial charge on any atom is 0.152 e. The summed E-state index contributed by atoms with van der Waals surface area (Å²) in [6, 6.07) is 17.3. The van der Waals surface area contributed by atoms with E-state index in [4.69, 9.17) is 0 Å². The highest BCUT2D eigenvalue weighted by Crippen LogP contribution is 2.34. The molecule has 5 aromatic rings. The van der Waals surface area contributed by atoms with Crippen molar-refractivity contribution in [3.8, 4) is 16.9 Å². The number of hydrogen-bond donors (Lipinski definition) is 0. The van der Waals surface area contributed by atoms with Gasteiger partial charge in [-0.05, 0) is 24.3 Å². The molecule has 0 saturated carbocycles. The van der Waals surface area contributed by atoms with Crippen molar-refractivity contribution in [3.63, 3.8) is 0 Å². The van der Waals surface area contributed by atoms with Crippen LogP contribution < -0.4 is 0 Å². The van der Waals surface area contributed by atoms with Gasteiger partial charge in [0.2, 0.25) is 0 Å². The molecule has 3 aromatic carbocycles. The Bertz CT molecular complexity index is 1340. The molecule has 3 nitrogen and oxygen atoms in total. The summed E-state index contributed by atoms with van der Waals surface area (Å²) >= 11 is 0. The van der Waals surface area contributed by atoms with Crippen molar-refractivity contribution in [2.45, 2.75) is 0 Å². The molecule has 0 N–H and O–H groups in total. The second-order valence-corrected chi connectivity index (χ2v) is 6.41. The summed E-state index contributed by atoms with van der Waals surface area (Å²) in [5, 5.41) is 5.54. The molecular formula is C22H12F3N3. The number of halogens is 3. The van der Waals surface area contributed by atoms with Crippen molar-refractivity contribution in [2.24, 2.45) is 0 Å². The lowest BCUT2D eigenvalue weighted by atomic mass is 10.1. The zero-order valence-corrected chi connectivity index (χ0v) is 14.4. The van der Waals surface area contributed by atoms with Gasteiger partial charge in [0, 0.05) is 28.6 Å². The van der Waals surface area contributed by atoms with E-state index in [-0.39, 0.29) is 10.9 Å². The summed E-state index contributed by atoms with van der Waals surface area (Å²) in [6.07, 6.45) is 1.52. The molecule has 0 aliphatic heterocycles. The standard InChI is InChI=1S/C22H12F3N3/c23-14-7-4-8-16(9-14)28-22-17-10-15(24)11-19(25)21(17)26-12-18(22)20(27-28)13-5-2-1-3-6-13/h1-12H. The summed E-state index contributed by atoms with van der Waals surface area (Å²) in [5.74, 6) is -1.91. The van der Waals surface area contributed by atoms with Gasteiger partial charge in [0.25, 0.3) is 0 Å². The Labute approximate surface area is 157 Å². The molecule has 0 amide bonds. The lowest BCUT2D eigenvalue weighted by Gasteiger charge is -2.07. The molecule has 136 valence electrons. The second kappa shape index (κ2) is 6.20. The number of nitrogens with zero attached hydrogens (tertiary/aromatic N) is 3. The number of fused-ring (bicyclic) bond motifs is 3. The average molecular weight is 375 g/mol. The first-order valence-electron chi connectivity index (χ1n) is 8.59. The zero-order valence-electron chi connectivity index (χ0n) is 14.4. The normalized spacial score (nSPS) is 11.4. The fraction of sp³-hybridized carbons (Fsp3) is 0. The van der Waals surface area contributed by atoms with Gasteiger partial charge in [-0.15, -0.1) is 0 Å². The Balaban J connectivity index is 1.96. The van der Waals surface area contributed by atoms with Crippen LogP contribution in [0.25, 0.3) is 38.8 Å². The molecular weight excluding hydrogens is 363 g/mol. The Morgan fingerprint density at radius 1 is 0.750 bits per heavy atom. The Hall–Kier alpha value is -3.67. The van der Waals surface area contributed by atoms with Crippen molar-refractivity contribution in [2.75, 3.05) is 0 Å². The molecule has 0 aliphatic carbocycles. The van der Waals surface area contributed by atoms with E-state index in [9.17, 15) is 13.2 Å². The maximum absolute atomic E-state index is 14.3.